The summed E-state index contributed by atoms with van der Waals surface area (Å²) in [6.45, 7) is 3.46. The van der Waals surface area contributed by atoms with Crippen LogP contribution in [0.15, 0.2) is 33.9 Å². The van der Waals surface area contributed by atoms with E-state index < -0.39 is 0 Å². The Morgan fingerprint density at radius 1 is 1.43 bits per heavy atom. The molecule has 0 spiro atoms. The van der Waals surface area contributed by atoms with Crippen molar-refractivity contribution in [1.29, 1.82) is 0 Å². The normalized spacial score (nSPS) is 12.6. The van der Waals surface area contributed by atoms with Crippen LogP contribution >= 0.6 is 15.9 Å². The number of halogens is 1. The van der Waals surface area contributed by atoms with Crippen molar-refractivity contribution in [3.63, 3.8) is 0 Å². The highest BCUT2D eigenvalue weighted by Gasteiger charge is 2.11. The predicted molar refractivity (Wildman–Crippen MR) is 93.3 cm³/mol. The van der Waals surface area contributed by atoms with Gasteiger partial charge >= 0.3 is 0 Å². The van der Waals surface area contributed by atoms with Gasteiger partial charge in [0.15, 0.2) is 0 Å². The number of aliphatic hydroxyl groups is 1. The minimum Gasteiger partial charge on any atom is -0.505 e. The molecule has 0 saturated heterocycles. The molecule has 0 aliphatic rings. The molecule has 1 heterocycles. The van der Waals surface area contributed by atoms with Crippen molar-refractivity contribution in [2.45, 2.75) is 26.5 Å². The molecule has 0 bridgehead atoms. The lowest BCUT2D eigenvalue weighted by molar-refractivity contribution is 0.280. The maximum Gasteiger partial charge on any atom is 0.145 e. The van der Waals surface area contributed by atoms with E-state index in [1.54, 1.807) is 26.4 Å². The van der Waals surface area contributed by atoms with Crippen LogP contribution in [0.3, 0.4) is 0 Å². The maximum atomic E-state index is 10.1. The molecule has 0 aliphatic heterocycles. The Kier molecular flexibility index (Phi) is 5.74. The number of methoxy groups -OCH3 is 1. The Labute approximate surface area is 143 Å². The minimum absolute atomic E-state index is 0.0448. The van der Waals surface area contributed by atoms with Crippen LogP contribution in [0.2, 0.25) is 0 Å². The molecule has 0 fully saturated rings. The van der Waals surface area contributed by atoms with Gasteiger partial charge in [-0.05, 0) is 47.5 Å². The smallest absolute Gasteiger partial charge is 0.145 e. The van der Waals surface area contributed by atoms with E-state index in [0.717, 1.165) is 15.8 Å². The quantitative estimate of drug-likeness (QED) is 0.780. The van der Waals surface area contributed by atoms with Crippen LogP contribution in [-0.4, -0.2) is 28.5 Å². The van der Waals surface area contributed by atoms with Gasteiger partial charge in [-0.25, -0.2) is 0 Å². The first-order valence-electron chi connectivity index (χ1n) is 7.12. The SMILES string of the molecule is COc1ccc([C@H](C)N=Cc2c(CO)cnc(C)c2O)cc1Br. The summed E-state index contributed by atoms with van der Waals surface area (Å²) in [5.41, 5.74) is 2.55. The van der Waals surface area contributed by atoms with Gasteiger partial charge in [-0.3, -0.25) is 9.98 Å². The van der Waals surface area contributed by atoms with Crippen molar-refractivity contribution >= 4 is 22.1 Å². The number of aryl methyl sites for hydroxylation is 1. The molecule has 0 saturated carbocycles. The Morgan fingerprint density at radius 3 is 2.78 bits per heavy atom. The molecule has 2 rings (SSSR count). The van der Waals surface area contributed by atoms with Crippen LogP contribution in [-0.2, 0) is 6.61 Å². The van der Waals surface area contributed by atoms with Gasteiger partial charge in [0, 0.05) is 23.5 Å². The van der Waals surface area contributed by atoms with E-state index in [1.165, 1.54) is 0 Å². The van der Waals surface area contributed by atoms with E-state index in [9.17, 15) is 10.2 Å². The monoisotopic (exact) mass is 378 g/mol. The molecule has 23 heavy (non-hydrogen) atoms. The van der Waals surface area contributed by atoms with E-state index >= 15 is 0 Å². The Bertz CT molecular complexity index is 732. The van der Waals surface area contributed by atoms with Crippen LogP contribution < -0.4 is 4.74 Å². The zero-order chi connectivity index (χ0) is 17.0. The number of ether oxygens (including phenoxy) is 1. The molecule has 0 aliphatic carbocycles. The minimum atomic E-state index is -0.204. The number of aliphatic hydroxyl groups excluding tert-OH is 1. The molecule has 1 atom stereocenters. The van der Waals surface area contributed by atoms with Gasteiger partial charge in [0.05, 0.1) is 29.9 Å². The fourth-order valence-corrected chi connectivity index (χ4v) is 2.70. The van der Waals surface area contributed by atoms with Crippen LogP contribution in [0.25, 0.3) is 0 Å². The van der Waals surface area contributed by atoms with Crippen LogP contribution in [0.5, 0.6) is 11.5 Å². The van der Waals surface area contributed by atoms with Crippen molar-refractivity contribution in [3.8, 4) is 11.5 Å². The van der Waals surface area contributed by atoms with Crippen molar-refractivity contribution in [2.24, 2.45) is 4.99 Å². The number of benzene rings is 1. The van der Waals surface area contributed by atoms with Crippen molar-refractivity contribution in [3.05, 3.63) is 51.3 Å². The van der Waals surface area contributed by atoms with Gasteiger partial charge in [-0.2, -0.15) is 0 Å². The first kappa shape index (κ1) is 17.4. The van der Waals surface area contributed by atoms with Gasteiger partial charge in [0.1, 0.15) is 11.5 Å². The van der Waals surface area contributed by atoms with E-state index in [2.05, 4.69) is 25.9 Å². The number of hydrogen-bond donors (Lipinski definition) is 2. The fraction of sp³-hybridized carbons (Fsp3) is 0.294. The van der Waals surface area contributed by atoms with Gasteiger partial charge in [0.2, 0.25) is 0 Å². The standard InChI is InChI=1S/C17H19BrN2O3/c1-10(12-4-5-16(23-3)15(18)6-12)20-8-14-13(9-21)7-19-11(2)17(14)22/h4-8,10,21-22H,9H2,1-3H3/t10-/m0/s1. The first-order valence-corrected chi connectivity index (χ1v) is 7.92. The molecule has 0 amide bonds. The van der Waals surface area contributed by atoms with E-state index in [-0.39, 0.29) is 18.4 Å². The summed E-state index contributed by atoms with van der Waals surface area (Å²) in [6.07, 6.45) is 3.13. The van der Waals surface area contributed by atoms with Gasteiger partial charge < -0.3 is 14.9 Å². The number of aliphatic imine (C=N–C) groups is 1. The number of nitrogens with zero attached hydrogens (tertiary/aromatic N) is 2. The second-order valence-electron chi connectivity index (χ2n) is 5.14. The number of aromatic hydroxyl groups is 1. The highest BCUT2D eigenvalue weighted by Crippen LogP contribution is 2.29. The molecule has 1 aromatic carbocycles. The van der Waals surface area contributed by atoms with Gasteiger partial charge in [0.25, 0.3) is 0 Å². The average Bonchev–Trinajstić information content (AvgIpc) is 2.55. The second-order valence-corrected chi connectivity index (χ2v) is 5.99. The highest BCUT2D eigenvalue weighted by atomic mass is 79.9. The molecular formula is C17H19BrN2O3. The third-order valence-electron chi connectivity index (χ3n) is 3.61. The lowest BCUT2D eigenvalue weighted by Gasteiger charge is -2.11. The Hall–Kier alpha value is -1.92. The second kappa shape index (κ2) is 7.57. The van der Waals surface area contributed by atoms with Gasteiger partial charge in [-0.1, -0.05) is 6.07 Å². The maximum absolute atomic E-state index is 10.1. The van der Waals surface area contributed by atoms with E-state index in [0.29, 0.717) is 16.8 Å². The van der Waals surface area contributed by atoms with Crippen LogP contribution in [0, 0.1) is 6.92 Å². The number of aromatic nitrogens is 1. The zero-order valence-corrected chi connectivity index (χ0v) is 14.8. The van der Waals surface area contributed by atoms with Crippen molar-refractivity contribution < 1.29 is 14.9 Å². The lowest BCUT2D eigenvalue weighted by atomic mass is 10.1. The summed E-state index contributed by atoms with van der Waals surface area (Å²) in [5.74, 6) is 0.804. The summed E-state index contributed by atoms with van der Waals surface area (Å²) in [5, 5.41) is 19.5. The molecule has 2 N–H and O–H groups in total. The Morgan fingerprint density at radius 2 is 2.17 bits per heavy atom. The van der Waals surface area contributed by atoms with E-state index in [1.807, 2.05) is 25.1 Å². The summed E-state index contributed by atoms with van der Waals surface area (Å²) in [7, 11) is 1.62. The number of pyridine rings is 1. The summed E-state index contributed by atoms with van der Waals surface area (Å²) in [4.78, 5) is 8.52. The number of hydrogen-bond acceptors (Lipinski definition) is 5. The number of rotatable bonds is 5. The van der Waals surface area contributed by atoms with Crippen LogP contribution in [0.4, 0.5) is 0 Å². The summed E-state index contributed by atoms with van der Waals surface area (Å²) >= 11 is 3.46. The molecule has 6 heteroatoms. The fourth-order valence-electron chi connectivity index (χ4n) is 2.14. The summed E-state index contributed by atoms with van der Waals surface area (Å²) < 4.78 is 6.07. The molecule has 122 valence electrons. The van der Waals surface area contributed by atoms with Crippen LogP contribution in [0.1, 0.15) is 35.3 Å². The molecule has 5 nitrogen and oxygen atoms in total. The zero-order valence-electron chi connectivity index (χ0n) is 13.2. The largest absolute Gasteiger partial charge is 0.505 e. The average molecular weight is 379 g/mol. The lowest BCUT2D eigenvalue weighted by Crippen LogP contribution is -1.99. The van der Waals surface area contributed by atoms with E-state index in [4.69, 9.17) is 4.74 Å². The predicted octanol–water partition coefficient (Wildman–Crippen LogP) is 3.54. The van der Waals surface area contributed by atoms with Crippen molar-refractivity contribution in [2.75, 3.05) is 7.11 Å². The Balaban J connectivity index is 2.30. The van der Waals surface area contributed by atoms with Crippen molar-refractivity contribution in [1.82, 2.24) is 4.98 Å². The molecule has 0 unspecified atom stereocenters. The molecule has 0 radical (unpaired) electrons. The third kappa shape index (κ3) is 3.89. The topological polar surface area (TPSA) is 74.9 Å². The molecular weight excluding hydrogens is 360 g/mol. The third-order valence-corrected chi connectivity index (χ3v) is 4.23. The molecule has 2 aromatic rings. The van der Waals surface area contributed by atoms with Gasteiger partial charge in [-0.15, -0.1) is 0 Å². The first-order chi connectivity index (χ1) is 11.0. The highest BCUT2D eigenvalue weighted by molar-refractivity contribution is 9.10. The summed E-state index contributed by atoms with van der Waals surface area (Å²) in [6, 6.07) is 5.65. The molecule has 1 aromatic heterocycles.